The standard InChI is InChI=1S/C20H20N3OS2.C2HF3O2/c1-4-23-17(13-14-9-7-8-12-21(14)2)26-18(19(23)24)20-22(3)15-10-5-6-11-16(15)25-20;3-2(4,5)1(6)7/h5-13H,4H2,1-3H3;(H,6,7)/q+1;/p-1/b20-18-;. The molecule has 1 aromatic carbocycles. The van der Waals surface area contributed by atoms with Gasteiger partial charge in [-0.3, -0.25) is 9.36 Å². The summed E-state index contributed by atoms with van der Waals surface area (Å²) in [7, 11) is 4.05. The molecular weight excluding hydrogens is 475 g/mol. The molecule has 3 aromatic rings. The number of nitrogens with zero attached hydrogens (tertiary/aromatic N) is 3. The number of hydrogen-bond donors (Lipinski definition) is 0. The highest BCUT2D eigenvalue weighted by atomic mass is 32.2. The Morgan fingerprint density at radius 3 is 2.39 bits per heavy atom. The fourth-order valence-corrected chi connectivity index (χ4v) is 5.54. The number of pyridine rings is 1. The maximum Gasteiger partial charge on any atom is 0.430 e. The molecule has 0 fully saturated rings. The third-order valence-corrected chi connectivity index (χ3v) is 7.24. The van der Waals surface area contributed by atoms with Crippen LogP contribution in [0.2, 0.25) is 0 Å². The fraction of sp³-hybridized carbons (Fsp3) is 0.227. The number of carboxylic acids is 1. The van der Waals surface area contributed by atoms with E-state index in [-0.39, 0.29) is 5.56 Å². The first-order chi connectivity index (χ1) is 15.5. The molecule has 1 aliphatic heterocycles. The van der Waals surface area contributed by atoms with Crippen molar-refractivity contribution in [1.29, 1.82) is 0 Å². The molecule has 4 rings (SSSR count). The van der Waals surface area contributed by atoms with Crippen LogP contribution in [0.15, 0.2) is 58.4 Å². The average molecular weight is 496 g/mol. The molecule has 174 valence electrons. The van der Waals surface area contributed by atoms with Crippen LogP contribution in [0.3, 0.4) is 0 Å². The van der Waals surface area contributed by atoms with Crippen LogP contribution in [0.5, 0.6) is 0 Å². The predicted molar refractivity (Wildman–Crippen MR) is 120 cm³/mol. The van der Waals surface area contributed by atoms with Crippen LogP contribution in [-0.2, 0) is 18.4 Å². The number of aliphatic carboxylic acids is 1. The second-order valence-corrected chi connectivity index (χ2v) is 8.98. The van der Waals surface area contributed by atoms with Crippen LogP contribution in [-0.4, -0.2) is 23.8 Å². The summed E-state index contributed by atoms with van der Waals surface area (Å²) in [6, 6.07) is 14.3. The van der Waals surface area contributed by atoms with E-state index in [1.807, 2.05) is 56.0 Å². The van der Waals surface area contributed by atoms with Gasteiger partial charge >= 0.3 is 6.18 Å². The van der Waals surface area contributed by atoms with Crippen LogP contribution in [0.1, 0.15) is 12.6 Å². The highest BCUT2D eigenvalue weighted by molar-refractivity contribution is 8.08. The zero-order chi connectivity index (χ0) is 24.3. The van der Waals surface area contributed by atoms with E-state index in [4.69, 9.17) is 9.90 Å². The van der Waals surface area contributed by atoms with E-state index in [1.54, 1.807) is 23.1 Å². The van der Waals surface area contributed by atoms with Crippen molar-refractivity contribution in [3.8, 4) is 0 Å². The summed E-state index contributed by atoms with van der Waals surface area (Å²) in [6.45, 7) is 2.68. The number of aromatic nitrogens is 2. The smallest absolute Gasteiger partial charge is 0.430 e. The van der Waals surface area contributed by atoms with Crippen molar-refractivity contribution < 1.29 is 27.6 Å². The van der Waals surface area contributed by atoms with Gasteiger partial charge in [-0.1, -0.05) is 23.9 Å². The van der Waals surface area contributed by atoms with E-state index in [0.717, 1.165) is 25.6 Å². The number of thioether (sulfide) groups is 1. The summed E-state index contributed by atoms with van der Waals surface area (Å²) >= 11 is 3.24. The zero-order valence-electron chi connectivity index (χ0n) is 17.9. The molecule has 0 unspecified atom stereocenters. The molecule has 0 radical (unpaired) electrons. The maximum atomic E-state index is 13.1. The Morgan fingerprint density at radius 1 is 1.18 bits per heavy atom. The summed E-state index contributed by atoms with van der Waals surface area (Å²) in [6.07, 6.45) is -1.09. The first-order valence-corrected chi connectivity index (χ1v) is 11.4. The van der Waals surface area contributed by atoms with Gasteiger partial charge in [0.2, 0.25) is 5.69 Å². The van der Waals surface area contributed by atoms with E-state index in [0.29, 0.717) is 6.54 Å². The quantitative estimate of drug-likeness (QED) is 0.500. The largest absolute Gasteiger partial charge is 0.542 e. The van der Waals surface area contributed by atoms with Gasteiger partial charge in [-0.15, -0.1) is 11.3 Å². The highest BCUT2D eigenvalue weighted by Gasteiger charge is 2.29. The minimum atomic E-state index is -5.19. The molecule has 0 atom stereocenters. The van der Waals surface area contributed by atoms with Crippen molar-refractivity contribution in [3.05, 3.63) is 73.9 Å². The molecule has 0 spiro atoms. The van der Waals surface area contributed by atoms with Crippen molar-refractivity contribution >= 4 is 45.9 Å². The number of carbonyl (C=O) groups excluding carboxylic acids is 1. The first kappa shape index (κ1) is 24.6. The third-order valence-electron chi connectivity index (χ3n) is 4.76. The first-order valence-electron chi connectivity index (χ1n) is 9.73. The van der Waals surface area contributed by atoms with Gasteiger partial charge in [-0.05, 0) is 25.1 Å². The Hall–Kier alpha value is -3.05. The number of alkyl halides is 3. The molecule has 0 saturated carbocycles. The van der Waals surface area contributed by atoms with E-state index in [1.165, 1.54) is 4.90 Å². The number of carbonyl (C=O) groups is 1. The van der Waals surface area contributed by atoms with Crippen molar-refractivity contribution in [2.24, 2.45) is 7.05 Å². The summed E-state index contributed by atoms with van der Waals surface area (Å²) in [4.78, 5) is 25.2. The van der Waals surface area contributed by atoms with Crippen molar-refractivity contribution in [3.63, 3.8) is 0 Å². The van der Waals surface area contributed by atoms with Gasteiger partial charge in [0, 0.05) is 36.7 Å². The molecule has 3 heterocycles. The summed E-state index contributed by atoms with van der Waals surface area (Å²) < 4.78 is 37.3. The van der Waals surface area contributed by atoms with Crippen molar-refractivity contribution in [1.82, 2.24) is 4.57 Å². The summed E-state index contributed by atoms with van der Waals surface area (Å²) in [5, 5.41) is 9.80. The minimum absolute atomic E-state index is 0.0875. The van der Waals surface area contributed by atoms with Crippen LogP contribution >= 0.6 is 23.1 Å². The van der Waals surface area contributed by atoms with Gasteiger partial charge in [0.25, 0.3) is 5.56 Å². The lowest BCUT2D eigenvalue weighted by molar-refractivity contribution is -0.673. The molecule has 2 aromatic heterocycles. The van der Waals surface area contributed by atoms with Gasteiger partial charge in [0.1, 0.15) is 27.2 Å². The predicted octanol–water partition coefficient (Wildman–Crippen LogP) is 1.19. The van der Waals surface area contributed by atoms with Crippen LogP contribution in [0.25, 0.3) is 11.1 Å². The number of benzene rings is 1. The molecule has 0 saturated heterocycles. The zero-order valence-corrected chi connectivity index (χ0v) is 19.6. The molecule has 11 heteroatoms. The molecular formula is C22H20F3N3O3S2. The van der Waals surface area contributed by atoms with Gasteiger partial charge in [-0.25, -0.2) is 4.57 Å². The number of carboxylic acid groups (broad SMARTS) is 1. The lowest BCUT2D eigenvalue weighted by atomic mass is 10.3. The molecule has 33 heavy (non-hydrogen) atoms. The monoisotopic (exact) mass is 495 g/mol. The molecule has 0 aliphatic carbocycles. The molecule has 0 bridgehead atoms. The average Bonchev–Trinajstić information content (AvgIpc) is 3.26. The molecule has 6 nitrogen and oxygen atoms in total. The number of rotatable bonds is 2. The molecule has 1 aliphatic rings. The Balaban J connectivity index is 0.000000383. The van der Waals surface area contributed by atoms with Gasteiger partial charge in [0.05, 0.1) is 5.69 Å². The topological polar surface area (TPSA) is 69.2 Å². The number of halogens is 3. The number of para-hydroxylation sites is 1. The van der Waals surface area contributed by atoms with Crippen LogP contribution in [0.4, 0.5) is 18.9 Å². The number of aryl methyl sites for hydroxylation is 1. The Kier molecular flexibility index (Phi) is 7.33. The van der Waals surface area contributed by atoms with E-state index in [2.05, 4.69) is 33.7 Å². The number of fused-ring (bicyclic) bond motifs is 1. The lowest BCUT2D eigenvalue weighted by Gasteiger charge is -2.11. The maximum absolute atomic E-state index is 13.1. The molecule has 0 amide bonds. The number of thiazole rings is 1. The normalized spacial score (nSPS) is 15.2. The summed E-state index contributed by atoms with van der Waals surface area (Å²) in [5.41, 5.74) is 2.32. The Morgan fingerprint density at radius 2 is 1.82 bits per heavy atom. The molecule has 0 N–H and O–H groups in total. The lowest BCUT2D eigenvalue weighted by Crippen LogP contribution is -2.37. The Bertz CT molecular complexity index is 1360. The van der Waals surface area contributed by atoms with E-state index < -0.39 is 12.1 Å². The van der Waals surface area contributed by atoms with Crippen molar-refractivity contribution in [2.45, 2.75) is 24.5 Å². The Labute approximate surface area is 195 Å². The van der Waals surface area contributed by atoms with Gasteiger partial charge in [-0.2, -0.15) is 13.2 Å². The highest BCUT2D eigenvalue weighted by Crippen LogP contribution is 2.44. The van der Waals surface area contributed by atoms with E-state index in [9.17, 15) is 18.0 Å². The van der Waals surface area contributed by atoms with Gasteiger partial charge < -0.3 is 14.8 Å². The summed E-state index contributed by atoms with van der Waals surface area (Å²) in [5.74, 6) is -3.01. The minimum Gasteiger partial charge on any atom is -0.542 e. The van der Waals surface area contributed by atoms with Crippen LogP contribution in [0, 0.1) is 0 Å². The van der Waals surface area contributed by atoms with Crippen molar-refractivity contribution in [2.75, 3.05) is 11.9 Å². The SMILES string of the molecule is CCn1c(=O)/c(=C2/Sc3ccccc3N2C)s/c1=C/c1cccc[n+]1C.O=C([O-])C(F)(F)F. The van der Waals surface area contributed by atoms with E-state index >= 15 is 0 Å². The van der Waals surface area contributed by atoms with Gasteiger partial charge in [0.15, 0.2) is 6.20 Å². The third kappa shape index (κ3) is 5.31. The van der Waals surface area contributed by atoms with Crippen LogP contribution < -0.4 is 29.3 Å². The second-order valence-electron chi connectivity index (χ2n) is 6.92. The number of anilines is 1. The number of hydrogen-bond acceptors (Lipinski definition) is 6. The second kappa shape index (κ2) is 9.84. The fourth-order valence-electron chi connectivity index (χ4n) is 3.08.